The van der Waals surface area contributed by atoms with Crippen molar-refractivity contribution < 1.29 is 24.5 Å². The molecule has 24 heavy (non-hydrogen) atoms. The molecule has 0 saturated carbocycles. The summed E-state index contributed by atoms with van der Waals surface area (Å²) < 4.78 is 0. The van der Waals surface area contributed by atoms with Gasteiger partial charge in [-0.2, -0.15) is 0 Å². The number of nitrogens with zero attached hydrogens (tertiary/aromatic N) is 4. The number of aliphatic hydroxyl groups excluding tert-OH is 1. The molecule has 0 bridgehead atoms. The van der Waals surface area contributed by atoms with Crippen LogP contribution in [0.15, 0.2) is 29.5 Å². The monoisotopic (exact) mass is 334 g/mol. The second-order valence-corrected chi connectivity index (χ2v) is 5.78. The van der Waals surface area contributed by atoms with E-state index < -0.39 is 18.5 Å². The summed E-state index contributed by atoms with van der Waals surface area (Å²) in [7, 11) is 0. The van der Waals surface area contributed by atoms with Crippen LogP contribution in [0.5, 0.6) is 0 Å². The Bertz CT molecular complexity index is 643. The van der Waals surface area contributed by atoms with Gasteiger partial charge in [0, 0.05) is 12.5 Å². The zero-order valence-electron chi connectivity index (χ0n) is 13.0. The number of hydrazine groups is 1. The number of carbonyl (C=O) groups excluding carboxylic acids is 2. The van der Waals surface area contributed by atoms with Gasteiger partial charge in [-0.1, -0.05) is 12.1 Å². The fourth-order valence-corrected chi connectivity index (χ4v) is 2.89. The van der Waals surface area contributed by atoms with E-state index in [1.807, 2.05) is 0 Å². The van der Waals surface area contributed by atoms with Gasteiger partial charge in [-0.25, -0.2) is 4.90 Å². The second kappa shape index (κ2) is 6.83. The number of carbonyl (C=O) groups is 2. The molecule has 1 saturated heterocycles. The summed E-state index contributed by atoms with van der Waals surface area (Å²) in [4.78, 5) is 30.3. The Morgan fingerprint density at radius 2 is 1.96 bits per heavy atom. The van der Waals surface area contributed by atoms with Gasteiger partial charge in [0.1, 0.15) is 0 Å². The fourth-order valence-electron chi connectivity index (χ4n) is 2.89. The van der Waals surface area contributed by atoms with Gasteiger partial charge in [-0.15, -0.1) is 5.01 Å². The van der Waals surface area contributed by atoms with E-state index in [4.69, 9.17) is 9.94 Å². The smallest absolute Gasteiger partial charge is 0.264 e. The highest BCUT2D eigenvalue weighted by Crippen LogP contribution is 2.22. The van der Waals surface area contributed by atoms with Gasteiger partial charge in [-0.05, 0) is 25.0 Å². The van der Waals surface area contributed by atoms with Crippen LogP contribution in [0.1, 0.15) is 33.6 Å². The van der Waals surface area contributed by atoms with Crippen LogP contribution in [0.2, 0.25) is 0 Å². The topological polar surface area (TPSA) is 109 Å². The first kappa shape index (κ1) is 16.2. The molecule has 9 heteroatoms. The highest BCUT2D eigenvalue weighted by molar-refractivity contribution is 6.21. The summed E-state index contributed by atoms with van der Waals surface area (Å²) in [6.45, 7) is 0.488. The average Bonchev–Trinajstić information content (AvgIpc) is 2.87. The molecule has 1 fully saturated rings. The Hall–Kier alpha value is -2.68. The molecular formula is C15H18N4O5. The second-order valence-electron chi connectivity index (χ2n) is 5.78. The molecule has 0 aliphatic carbocycles. The largest absolute Gasteiger partial charge is 0.569 e. The van der Waals surface area contributed by atoms with Crippen LogP contribution >= 0.6 is 0 Å². The van der Waals surface area contributed by atoms with Crippen LogP contribution in [0.25, 0.3) is 0 Å². The number of fused-ring (bicyclic) bond motifs is 1. The molecule has 2 aliphatic heterocycles. The number of benzene rings is 1. The molecule has 0 aromatic heterocycles. The van der Waals surface area contributed by atoms with Crippen molar-refractivity contribution in [3.63, 3.8) is 0 Å². The lowest BCUT2D eigenvalue weighted by Crippen LogP contribution is -2.41. The summed E-state index contributed by atoms with van der Waals surface area (Å²) in [5.41, 5.74) is 0.624. The van der Waals surface area contributed by atoms with Gasteiger partial charge in [0.05, 0.1) is 29.2 Å². The van der Waals surface area contributed by atoms with Gasteiger partial charge in [0.25, 0.3) is 11.8 Å². The molecule has 1 aromatic rings. The number of piperidine rings is 1. The highest BCUT2D eigenvalue weighted by Gasteiger charge is 2.35. The van der Waals surface area contributed by atoms with E-state index >= 15 is 0 Å². The molecule has 128 valence electrons. The number of hydrogen-bond acceptors (Lipinski definition) is 6. The minimum Gasteiger partial charge on any atom is -0.569 e. The molecule has 2 aliphatic rings. The number of aliphatic hydroxyl groups is 1. The molecule has 2 amide bonds. The van der Waals surface area contributed by atoms with Crippen molar-refractivity contribution in [2.75, 3.05) is 26.4 Å². The van der Waals surface area contributed by atoms with Crippen molar-refractivity contribution in [2.24, 2.45) is 11.2 Å². The van der Waals surface area contributed by atoms with Crippen LogP contribution in [-0.2, 0) is 4.84 Å². The predicted molar refractivity (Wildman–Crippen MR) is 80.3 cm³/mol. The van der Waals surface area contributed by atoms with Crippen molar-refractivity contribution in [1.82, 2.24) is 9.91 Å². The molecule has 9 nitrogen and oxygen atoms in total. The third-order valence-electron chi connectivity index (χ3n) is 4.19. The molecule has 0 spiro atoms. The molecular weight excluding hydrogens is 316 g/mol. The molecule has 1 aromatic carbocycles. The Morgan fingerprint density at radius 1 is 1.29 bits per heavy atom. The highest BCUT2D eigenvalue weighted by atomic mass is 16.7. The van der Waals surface area contributed by atoms with Gasteiger partial charge in [0.15, 0.2) is 0 Å². The van der Waals surface area contributed by atoms with E-state index in [2.05, 4.69) is 5.28 Å². The lowest BCUT2D eigenvalue weighted by atomic mass is 10.0. The average molecular weight is 334 g/mol. The maximum absolute atomic E-state index is 12.1. The maximum atomic E-state index is 12.1. The van der Waals surface area contributed by atoms with E-state index in [0.29, 0.717) is 29.2 Å². The summed E-state index contributed by atoms with van der Waals surface area (Å²) in [5.74, 6) is -0.912. The van der Waals surface area contributed by atoms with Gasteiger partial charge < -0.3 is 15.2 Å². The van der Waals surface area contributed by atoms with Crippen LogP contribution in [0.4, 0.5) is 0 Å². The van der Waals surface area contributed by atoms with Crippen LogP contribution in [-0.4, -0.2) is 58.2 Å². The third-order valence-corrected chi connectivity index (χ3v) is 4.19. The lowest BCUT2D eigenvalue weighted by molar-refractivity contribution is -0.714. The van der Waals surface area contributed by atoms with Crippen molar-refractivity contribution in [2.45, 2.75) is 12.8 Å². The van der Waals surface area contributed by atoms with E-state index in [9.17, 15) is 14.8 Å². The molecule has 0 radical (unpaired) electrons. The SMILES string of the molecule is O=C1c2ccccc2C(=O)N1CO/N=[N+](\[O-])N1CCCC(CO)C1. The minimum atomic E-state index is -0.471. The Labute approximate surface area is 138 Å². The van der Waals surface area contributed by atoms with Gasteiger partial charge in [0.2, 0.25) is 12.0 Å². The molecule has 3 rings (SSSR count). The van der Waals surface area contributed by atoms with Crippen LogP contribution in [0.3, 0.4) is 0 Å². The van der Waals surface area contributed by atoms with E-state index in [0.717, 1.165) is 17.7 Å². The molecule has 1 atom stereocenters. The first-order valence-corrected chi connectivity index (χ1v) is 7.73. The first-order chi connectivity index (χ1) is 11.6. The maximum Gasteiger partial charge on any atom is 0.264 e. The summed E-state index contributed by atoms with van der Waals surface area (Å²) in [5, 5.41) is 25.9. The standard InChI is InChI=1S/C15H18N4O5/c20-9-11-4-3-7-17(8-11)19(23)16-24-10-18-14(21)12-5-1-2-6-13(12)15(18)22/h1-2,5-6,11,20H,3-4,7-10H2/b19-16-. The third kappa shape index (κ3) is 3.02. The Balaban J connectivity index is 1.58. The van der Waals surface area contributed by atoms with Crippen LogP contribution < -0.4 is 0 Å². The van der Waals surface area contributed by atoms with E-state index in [1.54, 1.807) is 24.3 Å². The number of amides is 2. The van der Waals surface area contributed by atoms with Crippen molar-refractivity contribution >= 4 is 11.8 Å². The quantitative estimate of drug-likeness (QED) is 0.368. The molecule has 1 unspecified atom stereocenters. The Kier molecular flexibility index (Phi) is 4.61. The summed E-state index contributed by atoms with van der Waals surface area (Å²) in [6, 6.07) is 6.48. The van der Waals surface area contributed by atoms with E-state index in [-0.39, 0.29) is 12.5 Å². The molecule has 1 N–H and O–H groups in total. The van der Waals surface area contributed by atoms with Gasteiger partial charge in [-0.3, -0.25) is 9.59 Å². The summed E-state index contributed by atoms with van der Waals surface area (Å²) >= 11 is 0. The fraction of sp³-hybridized carbons (Fsp3) is 0.467. The normalized spacial score (nSPS) is 21.2. The predicted octanol–water partition coefficient (Wildman–Crippen LogP) is 0.754. The van der Waals surface area contributed by atoms with Crippen molar-refractivity contribution in [1.29, 1.82) is 0 Å². The lowest BCUT2D eigenvalue weighted by Gasteiger charge is -2.27. The number of imide groups is 1. The zero-order valence-corrected chi connectivity index (χ0v) is 13.0. The van der Waals surface area contributed by atoms with Crippen molar-refractivity contribution in [3.8, 4) is 0 Å². The summed E-state index contributed by atoms with van der Waals surface area (Å²) in [6.07, 6.45) is 1.63. The van der Waals surface area contributed by atoms with E-state index in [1.165, 1.54) is 5.01 Å². The minimum absolute atomic E-state index is 0.0141. The Morgan fingerprint density at radius 3 is 2.58 bits per heavy atom. The molecule has 2 heterocycles. The zero-order chi connectivity index (χ0) is 17.1. The van der Waals surface area contributed by atoms with Crippen LogP contribution in [0, 0.1) is 11.1 Å². The number of hydrogen-bond donors (Lipinski definition) is 1. The van der Waals surface area contributed by atoms with Crippen molar-refractivity contribution in [3.05, 3.63) is 40.6 Å². The number of rotatable bonds is 5. The first-order valence-electron chi connectivity index (χ1n) is 7.73. The van der Waals surface area contributed by atoms with Gasteiger partial charge >= 0.3 is 0 Å².